The third-order valence-corrected chi connectivity index (χ3v) is 5.26. The van der Waals surface area contributed by atoms with Gasteiger partial charge in [-0.15, -0.1) is 0 Å². The summed E-state index contributed by atoms with van der Waals surface area (Å²) in [6, 6.07) is 4.70. The van der Waals surface area contributed by atoms with Crippen LogP contribution in [-0.2, 0) is 0 Å². The van der Waals surface area contributed by atoms with Crippen LogP contribution in [0.4, 0.5) is 5.95 Å². The molecule has 0 radical (unpaired) electrons. The molecular formula is C18H21BrN6. The Morgan fingerprint density at radius 1 is 1.16 bits per heavy atom. The van der Waals surface area contributed by atoms with Crippen molar-refractivity contribution >= 4 is 27.5 Å². The molecule has 0 bridgehead atoms. The van der Waals surface area contributed by atoms with Crippen LogP contribution >= 0.6 is 15.9 Å². The number of hydrogen-bond acceptors (Lipinski definition) is 5. The second-order valence-corrected chi connectivity index (χ2v) is 7.62. The maximum Gasteiger partial charge on any atom is 0.223 e. The summed E-state index contributed by atoms with van der Waals surface area (Å²) in [5.41, 5.74) is 9.77. The second-order valence-electron chi connectivity index (χ2n) is 6.70. The molecule has 3 aromatic rings. The Balaban J connectivity index is 1.66. The fraction of sp³-hybridized carbons (Fsp3) is 0.389. The molecule has 25 heavy (non-hydrogen) atoms. The SMILES string of the molecule is Cc1cnc(N[C@H]2CC[C@H](N)CC2)nc1-c1cnc2ccc(Br)cn12. The van der Waals surface area contributed by atoms with Gasteiger partial charge in [0, 0.05) is 29.0 Å². The molecule has 4 rings (SSSR count). The fourth-order valence-electron chi connectivity index (χ4n) is 3.35. The normalized spacial score (nSPS) is 20.8. The van der Waals surface area contributed by atoms with Crippen LogP contribution in [0.25, 0.3) is 17.0 Å². The number of nitrogens with one attached hydrogen (secondary N) is 1. The van der Waals surface area contributed by atoms with E-state index in [-0.39, 0.29) is 0 Å². The fourth-order valence-corrected chi connectivity index (χ4v) is 3.68. The van der Waals surface area contributed by atoms with Gasteiger partial charge in [0.25, 0.3) is 0 Å². The Hall–Kier alpha value is -1.99. The van der Waals surface area contributed by atoms with Crippen molar-refractivity contribution in [2.45, 2.75) is 44.7 Å². The van der Waals surface area contributed by atoms with Gasteiger partial charge in [-0.2, -0.15) is 0 Å². The van der Waals surface area contributed by atoms with Gasteiger partial charge in [-0.1, -0.05) is 0 Å². The van der Waals surface area contributed by atoms with Crippen molar-refractivity contribution in [2.75, 3.05) is 5.32 Å². The Bertz CT molecular complexity index is 898. The van der Waals surface area contributed by atoms with E-state index in [4.69, 9.17) is 10.7 Å². The molecule has 3 N–H and O–H groups in total. The summed E-state index contributed by atoms with van der Waals surface area (Å²) in [5, 5.41) is 3.47. The van der Waals surface area contributed by atoms with Gasteiger partial charge in [-0.25, -0.2) is 15.0 Å². The lowest BCUT2D eigenvalue weighted by atomic mass is 9.92. The van der Waals surface area contributed by atoms with Gasteiger partial charge in [0.15, 0.2) is 0 Å². The van der Waals surface area contributed by atoms with Crippen molar-refractivity contribution in [1.29, 1.82) is 0 Å². The number of imidazole rings is 1. The van der Waals surface area contributed by atoms with Crippen LogP contribution in [0.15, 0.2) is 35.2 Å². The van der Waals surface area contributed by atoms with Gasteiger partial charge in [0.2, 0.25) is 5.95 Å². The van der Waals surface area contributed by atoms with Crippen LogP contribution in [0.5, 0.6) is 0 Å². The van der Waals surface area contributed by atoms with Crippen LogP contribution in [0.3, 0.4) is 0 Å². The van der Waals surface area contributed by atoms with Crippen molar-refractivity contribution in [3.05, 3.63) is 40.8 Å². The van der Waals surface area contributed by atoms with E-state index in [0.717, 1.165) is 52.8 Å². The number of rotatable bonds is 3. The van der Waals surface area contributed by atoms with Crippen LogP contribution in [0.1, 0.15) is 31.2 Å². The summed E-state index contributed by atoms with van der Waals surface area (Å²) in [5.74, 6) is 0.672. The van der Waals surface area contributed by atoms with Gasteiger partial charge >= 0.3 is 0 Å². The number of nitrogens with zero attached hydrogens (tertiary/aromatic N) is 4. The van der Waals surface area contributed by atoms with Gasteiger partial charge in [0.05, 0.1) is 17.6 Å². The van der Waals surface area contributed by atoms with E-state index < -0.39 is 0 Å². The first-order valence-corrected chi connectivity index (χ1v) is 9.38. The predicted octanol–water partition coefficient (Wildman–Crippen LogP) is 3.54. The first kappa shape index (κ1) is 16.5. The number of hydrogen-bond donors (Lipinski definition) is 2. The molecule has 1 aliphatic carbocycles. The highest BCUT2D eigenvalue weighted by molar-refractivity contribution is 9.10. The molecular weight excluding hydrogens is 380 g/mol. The van der Waals surface area contributed by atoms with Crippen LogP contribution < -0.4 is 11.1 Å². The van der Waals surface area contributed by atoms with E-state index in [9.17, 15) is 0 Å². The molecule has 0 unspecified atom stereocenters. The zero-order valence-electron chi connectivity index (χ0n) is 14.1. The molecule has 7 heteroatoms. The van der Waals surface area contributed by atoms with E-state index in [1.165, 1.54) is 0 Å². The van der Waals surface area contributed by atoms with Gasteiger partial charge in [-0.05, 0) is 66.2 Å². The maximum atomic E-state index is 5.99. The van der Waals surface area contributed by atoms with E-state index in [1.807, 2.05) is 42.0 Å². The summed E-state index contributed by atoms with van der Waals surface area (Å²) in [7, 11) is 0. The molecule has 0 saturated heterocycles. The van der Waals surface area contributed by atoms with Gasteiger partial charge in [0.1, 0.15) is 5.65 Å². The summed E-state index contributed by atoms with van der Waals surface area (Å²) in [6.45, 7) is 2.02. The lowest BCUT2D eigenvalue weighted by Crippen LogP contribution is -2.33. The molecule has 0 amide bonds. The minimum atomic E-state index is 0.337. The predicted molar refractivity (Wildman–Crippen MR) is 103 cm³/mol. The highest BCUT2D eigenvalue weighted by atomic mass is 79.9. The number of halogens is 1. The van der Waals surface area contributed by atoms with Crippen LogP contribution in [0, 0.1) is 6.92 Å². The topological polar surface area (TPSA) is 81.1 Å². The standard InChI is InChI=1S/C18H21BrN6/c1-11-8-22-18(23-14-5-3-13(20)4-6-14)24-17(11)15-9-21-16-7-2-12(19)10-25(15)16/h2,7-10,13-14H,3-6,20H2,1H3,(H,22,23,24)/t13-,14-. The summed E-state index contributed by atoms with van der Waals surface area (Å²) >= 11 is 3.52. The quantitative estimate of drug-likeness (QED) is 0.702. The molecule has 3 heterocycles. The number of fused-ring (bicyclic) bond motifs is 1. The maximum absolute atomic E-state index is 5.99. The third kappa shape index (κ3) is 3.39. The number of nitrogens with two attached hydrogens (primary N) is 1. The van der Waals surface area contributed by atoms with E-state index >= 15 is 0 Å². The summed E-state index contributed by atoms with van der Waals surface area (Å²) < 4.78 is 3.05. The zero-order valence-corrected chi connectivity index (χ0v) is 15.7. The number of pyridine rings is 1. The number of anilines is 1. The molecule has 0 aliphatic heterocycles. The van der Waals surface area contributed by atoms with Crippen molar-refractivity contribution in [2.24, 2.45) is 5.73 Å². The average molecular weight is 401 g/mol. The van der Waals surface area contributed by atoms with Crippen molar-refractivity contribution in [3.8, 4) is 11.4 Å². The van der Waals surface area contributed by atoms with Crippen LogP contribution in [-0.4, -0.2) is 31.4 Å². The lowest BCUT2D eigenvalue weighted by molar-refractivity contribution is 0.410. The third-order valence-electron chi connectivity index (χ3n) is 4.79. The van der Waals surface area contributed by atoms with Crippen molar-refractivity contribution in [3.63, 3.8) is 0 Å². The molecule has 130 valence electrons. The first-order valence-electron chi connectivity index (χ1n) is 8.59. The molecule has 0 aromatic carbocycles. The van der Waals surface area contributed by atoms with Crippen molar-refractivity contribution < 1.29 is 0 Å². The largest absolute Gasteiger partial charge is 0.351 e. The molecule has 3 aromatic heterocycles. The smallest absolute Gasteiger partial charge is 0.223 e. The summed E-state index contributed by atoms with van der Waals surface area (Å²) in [6.07, 6.45) is 9.98. The van der Waals surface area contributed by atoms with Gasteiger partial charge < -0.3 is 11.1 Å². The highest BCUT2D eigenvalue weighted by Crippen LogP contribution is 2.26. The molecule has 1 fully saturated rings. The Labute approximate surface area is 155 Å². The monoisotopic (exact) mass is 400 g/mol. The molecule has 1 saturated carbocycles. The summed E-state index contributed by atoms with van der Waals surface area (Å²) in [4.78, 5) is 13.7. The Morgan fingerprint density at radius 3 is 2.76 bits per heavy atom. The van der Waals surface area contributed by atoms with E-state index in [2.05, 4.69) is 31.2 Å². The highest BCUT2D eigenvalue weighted by Gasteiger charge is 2.20. The van der Waals surface area contributed by atoms with Crippen molar-refractivity contribution in [1.82, 2.24) is 19.4 Å². The number of aromatic nitrogens is 4. The molecule has 0 spiro atoms. The average Bonchev–Trinajstić information content (AvgIpc) is 3.01. The number of aryl methyl sites for hydroxylation is 1. The zero-order chi connectivity index (χ0) is 17.4. The molecule has 6 nitrogen and oxygen atoms in total. The lowest BCUT2D eigenvalue weighted by Gasteiger charge is -2.26. The van der Waals surface area contributed by atoms with E-state index in [0.29, 0.717) is 18.0 Å². The minimum Gasteiger partial charge on any atom is -0.351 e. The second kappa shape index (κ2) is 6.72. The molecule has 1 aliphatic rings. The molecule has 0 atom stereocenters. The Morgan fingerprint density at radius 2 is 1.96 bits per heavy atom. The van der Waals surface area contributed by atoms with E-state index in [1.54, 1.807) is 0 Å². The Kier molecular flexibility index (Phi) is 4.43. The minimum absolute atomic E-state index is 0.337. The first-order chi connectivity index (χ1) is 12.1. The van der Waals surface area contributed by atoms with Crippen LogP contribution in [0.2, 0.25) is 0 Å². The van der Waals surface area contributed by atoms with Gasteiger partial charge in [-0.3, -0.25) is 4.40 Å².